The summed E-state index contributed by atoms with van der Waals surface area (Å²) in [6.45, 7) is 15.6. The molecule has 0 atom stereocenters. The second kappa shape index (κ2) is 16.1. The van der Waals surface area contributed by atoms with Gasteiger partial charge in [0.05, 0.1) is 12.4 Å². The van der Waals surface area contributed by atoms with Crippen LogP contribution in [-0.2, 0) is 19.6 Å². The molecule has 0 aliphatic carbocycles. The monoisotopic (exact) mass is 458 g/mol. The summed E-state index contributed by atoms with van der Waals surface area (Å²) < 4.78 is 35.3. The zero-order chi connectivity index (χ0) is 23.9. The highest BCUT2D eigenvalue weighted by molar-refractivity contribution is 7.85. The molecule has 7 nitrogen and oxygen atoms in total. The summed E-state index contributed by atoms with van der Waals surface area (Å²) in [4.78, 5) is 15.8. The van der Waals surface area contributed by atoms with E-state index in [0.29, 0.717) is 51.0 Å². The van der Waals surface area contributed by atoms with Crippen LogP contribution >= 0.6 is 0 Å². The highest BCUT2D eigenvalue weighted by Crippen LogP contribution is 2.15. The molecule has 0 spiro atoms. The normalized spacial score (nSPS) is 11.4. The number of rotatable bonds is 13. The van der Waals surface area contributed by atoms with E-state index in [1.54, 1.807) is 6.92 Å². The Labute approximate surface area is 189 Å². The van der Waals surface area contributed by atoms with Crippen molar-refractivity contribution >= 4 is 21.8 Å². The highest BCUT2D eigenvalue weighted by atomic mass is 32.2. The lowest BCUT2D eigenvalue weighted by Gasteiger charge is -2.28. The van der Waals surface area contributed by atoms with E-state index in [2.05, 4.69) is 39.5 Å². The van der Waals surface area contributed by atoms with Crippen molar-refractivity contribution in [1.82, 2.24) is 4.90 Å². The molecule has 1 aromatic rings. The van der Waals surface area contributed by atoms with Crippen molar-refractivity contribution in [3.05, 3.63) is 30.3 Å². The molecule has 0 radical (unpaired) electrons. The smallest absolute Gasteiger partial charge is 0.305 e. The van der Waals surface area contributed by atoms with E-state index in [0.717, 1.165) is 12.2 Å². The SMILES string of the molecule is CCN(C(C)C)C(C)C.CCOC(=O)CCCN(CCCS(=O)(=O)O)c1ccccc1. The molecule has 0 unspecified atom stereocenters. The predicted octanol–water partition coefficient (Wildman–Crippen LogP) is 4.24. The second-order valence-electron chi connectivity index (χ2n) is 7.89. The van der Waals surface area contributed by atoms with Gasteiger partial charge in [0.15, 0.2) is 0 Å². The number of carbonyl (C=O) groups excluding carboxylic acids is 1. The zero-order valence-electron chi connectivity index (χ0n) is 20.1. The Balaban J connectivity index is 0.000000842. The van der Waals surface area contributed by atoms with Gasteiger partial charge < -0.3 is 9.64 Å². The van der Waals surface area contributed by atoms with Crippen molar-refractivity contribution in [1.29, 1.82) is 0 Å². The lowest BCUT2D eigenvalue weighted by Crippen LogP contribution is -2.36. The van der Waals surface area contributed by atoms with E-state index in [1.807, 2.05) is 35.2 Å². The van der Waals surface area contributed by atoms with E-state index in [9.17, 15) is 13.2 Å². The van der Waals surface area contributed by atoms with Crippen LogP contribution in [0.3, 0.4) is 0 Å². The molecule has 1 aromatic carbocycles. The second-order valence-corrected chi connectivity index (χ2v) is 9.46. The van der Waals surface area contributed by atoms with Gasteiger partial charge in [-0.3, -0.25) is 14.2 Å². The third kappa shape index (κ3) is 14.9. The van der Waals surface area contributed by atoms with Gasteiger partial charge in [-0.05, 0) is 66.1 Å². The van der Waals surface area contributed by atoms with Crippen LogP contribution in [0.1, 0.15) is 60.8 Å². The number of benzene rings is 1. The van der Waals surface area contributed by atoms with Gasteiger partial charge in [-0.25, -0.2) is 0 Å². The van der Waals surface area contributed by atoms with Crippen molar-refractivity contribution in [2.45, 2.75) is 72.9 Å². The number of hydrogen-bond donors (Lipinski definition) is 1. The molecule has 0 saturated heterocycles. The van der Waals surface area contributed by atoms with Gasteiger partial charge in [0.1, 0.15) is 0 Å². The molecule has 0 bridgehead atoms. The molecule has 0 amide bonds. The first-order valence-corrected chi connectivity index (χ1v) is 12.8. The molecule has 0 fully saturated rings. The lowest BCUT2D eigenvalue weighted by molar-refractivity contribution is -0.143. The number of anilines is 1. The number of hydrogen-bond acceptors (Lipinski definition) is 6. The van der Waals surface area contributed by atoms with Gasteiger partial charge in [0, 0.05) is 37.3 Å². The third-order valence-electron chi connectivity index (χ3n) is 4.76. The number of carbonyl (C=O) groups is 1. The summed E-state index contributed by atoms with van der Waals surface area (Å²) in [5.74, 6) is -0.498. The first-order chi connectivity index (χ1) is 14.5. The molecule has 0 saturated carbocycles. The average molecular weight is 459 g/mol. The van der Waals surface area contributed by atoms with Crippen LogP contribution in [-0.4, -0.2) is 67.9 Å². The average Bonchev–Trinajstić information content (AvgIpc) is 2.67. The predicted molar refractivity (Wildman–Crippen MR) is 128 cm³/mol. The van der Waals surface area contributed by atoms with E-state index in [1.165, 1.54) is 0 Å². The fraction of sp³-hybridized carbons (Fsp3) is 0.696. The molecule has 180 valence electrons. The first-order valence-electron chi connectivity index (χ1n) is 11.2. The molecular formula is C23H42N2O5S. The van der Waals surface area contributed by atoms with Crippen LogP contribution < -0.4 is 4.90 Å². The first kappa shape index (κ1) is 29.4. The maximum Gasteiger partial charge on any atom is 0.305 e. The fourth-order valence-electron chi connectivity index (χ4n) is 3.42. The summed E-state index contributed by atoms with van der Waals surface area (Å²) in [6.07, 6.45) is 1.28. The molecule has 1 rings (SSSR count). The Morgan fingerprint density at radius 1 is 1.00 bits per heavy atom. The molecule has 0 heterocycles. The minimum absolute atomic E-state index is 0.228. The Kier molecular flexibility index (Phi) is 15.2. The van der Waals surface area contributed by atoms with Crippen molar-refractivity contribution < 1.29 is 22.5 Å². The van der Waals surface area contributed by atoms with E-state index in [4.69, 9.17) is 9.29 Å². The van der Waals surface area contributed by atoms with E-state index in [-0.39, 0.29) is 11.7 Å². The van der Waals surface area contributed by atoms with Crippen molar-refractivity contribution in [2.75, 3.05) is 36.9 Å². The van der Waals surface area contributed by atoms with E-state index < -0.39 is 10.1 Å². The Morgan fingerprint density at radius 3 is 1.97 bits per heavy atom. The van der Waals surface area contributed by atoms with Crippen LogP contribution in [0.4, 0.5) is 5.69 Å². The van der Waals surface area contributed by atoms with Gasteiger partial charge in [0.25, 0.3) is 10.1 Å². The largest absolute Gasteiger partial charge is 0.466 e. The third-order valence-corrected chi connectivity index (χ3v) is 5.56. The molecule has 0 aliphatic rings. The number of ether oxygens (including phenoxy) is 1. The van der Waals surface area contributed by atoms with Gasteiger partial charge in [-0.1, -0.05) is 25.1 Å². The quantitative estimate of drug-likeness (QED) is 0.349. The van der Waals surface area contributed by atoms with Crippen LogP contribution in [0.2, 0.25) is 0 Å². The lowest BCUT2D eigenvalue weighted by atomic mass is 10.2. The zero-order valence-corrected chi connectivity index (χ0v) is 20.9. The molecular weight excluding hydrogens is 416 g/mol. The minimum atomic E-state index is -3.94. The van der Waals surface area contributed by atoms with Gasteiger partial charge in [-0.2, -0.15) is 8.42 Å². The number of esters is 1. The van der Waals surface area contributed by atoms with Gasteiger partial charge in [0.2, 0.25) is 0 Å². The molecule has 8 heteroatoms. The maximum absolute atomic E-state index is 11.4. The maximum atomic E-state index is 11.4. The standard InChI is InChI=1S/C15H23NO5S.C8H19N/c1-2-21-15(17)10-6-11-16(12-7-13-22(18,19)20)14-8-4-3-5-9-14;1-6-9(7(2)3)8(4)5/h3-5,8-9H,2,6-7,10-13H2,1H3,(H,18,19,20);7-8H,6H2,1-5H3. The summed E-state index contributed by atoms with van der Waals surface area (Å²) in [5.41, 5.74) is 0.960. The summed E-state index contributed by atoms with van der Waals surface area (Å²) in [7, 11) is -3.94. The Bertz CT molecular complexity index is 685. The van der Waals surface area contributed by atoms with Gasteiger partial charge in [-0.15, -0.1) is 0 Å². The van der Waals surface area contributed by atoms with Crippen molar-refractivity contribution in [3.63, 3.8) is 0 Å². The Morgan fingerprint density at radius 2 is 1.55 bits per heavy atom. The van der Waals surface area contributed by atoms with E-state index >= 15 is 0 Å². The van der Waals surface area contributed by atoms with Crippen LogP contribution in [0, 0.1) is 0 Å². The van der Waals surface area contributed by atoms with Crippen molar-refractivity contribution in [2.24, 2.45) is 0 Å². The number of para-hydroxylation sites is 1. The molecule has 0 aliphatic heterocycles. The number of nitrogens with zero attached hydrogens (tertiary/aromatic N) is 2. The minimum Gasteiger partial charge on any atom is -0.466 e. The van der Waals surface area contributed by atoms with Crippen LogP contribution in [0.15, 0.2) is 30.3 Å². The summed E-state index contributed by atoms with van der Waals surface area (Å²) in [5, 5.41) is 0. The molecule has 0 aromatic heterocycles. The summed E-state index contributed by atoms with van der Waals surface area (Å²) >= 11 is 0. The van der Waals surface area contributed by atoms with Crippen molar-refractivity contribution in [3.8, 4) is 0 Å². The van der Waals surface area contributed by atoms with Crippen LogP contribution in [0.25, 0.3) is 0 Å². The van der Waals surface area contributed by atoms with Crippen LogP contribution in [0.5, 0.6) is 0 Å². The fourth-order valence-corrected chi connectivity index (χ4v) is 3.91. The molecule has 31 heavy (non-hydrogen) atoms. The topological polar surface area (TPSA) is 87.2 Å². The Hall–Kier alpha value is -1.64. The summed E-state index contributed by atoms with van der Waals surface area (Å²) in [6, 6.07) is 10.9. The van der Waals surface area contributed by atoms with Gasteiger partial charge >= 0.3 is 5.97 Å². The molecule has 1 N–H and O–H groups in total. The highest BCUT2D eigenvalue weighted by Gasteiger charge is 2.11.